The maximum atomic E-state index is 7.36. The molecule has 1 atom stereocenters. The summed E-state index contributed by atoms with van der Waals surface area (Å²) in [7, 11) is 0. The van der Waals surface area contributed by atoms with Gasteiger partial charge in [-0.2, -0.15) is 0 Å². The molecule has 2 aliphatic rings. The molecule has 0 aliphatic heterocycles. The van der Waals surface area contributed by atoms with Crippen molar-refractivity contribution in [2.45, 2.75) is 10.8 Å². The standard InChI is InChI=1S/C138H88N2O2/c1-4-34-101(35-5-1)137(102-36-6-2-7-37-102)125-50-22-18-44-117(125)119-78-66-99(87-127(119)137)91-60-72-106(73-61-91)139(105-70-58-90(59-71-105)98-55-54-89-28-10-11-31-97(89)86-98)130-85-83-122(136-134(130)124-47-21-25-53-132(124)142-136)116-81-80-112(113-42-16-17-43-115(113)116)95-56-68-104(69-57-95)138(103-38-8-3-9-39-103)126-51-23-19-45-118(126)120-79-67-100(88-128(120)138)92-62-74-107(75-63-92)140(108-76-64-96(65-77-108)110-48-26-32-93-29-12-14-40-109(93)110)129-84-82-121(114-49-27-33-94-30-13-15-41-111(94)114)135-133(129)123-46-20-24-52-131(123)141-135/h1-88H. The molecule has 0 saturated carbocycles. The van der Waals surface area contributed by atoms with Gasteiger partial charge in [0.25, 0.3) is 0 Å². The van der Waals surface area contributed by atoms with Crippen LogP contribution in [0.15, 0.2) is 543 Å². The fourth-order valence-corrected chi connectivity index (χ4v) is 24.0. The third-order valence-electron chi connectivity index (χ3n) is 30.5. The number of furan rings is 2. The summed E-state index contributed by atoms with van der Waals surface area (Å²) >= 11 is 0. The molecule has 0 N–H and O–H groups in total. The van der Waals surface area contributed by atoms with Crippen LogP contribution in [0.2, 0.25) is 0 Å². The van der Waals surface area contributed by atoms with Gasteiger partial charge in [0, 0.05) is 44.6 Å². The van der Waals surface area contributed by atoms with E-state index >= 15 is 0 Å². The fourth-order valence-electron chi connectivity index (χ4n) is 24.0. The van der Waals surface area contributed by atoms with Crippen LogP contribution in [0.25, 0.3) is 187 Å². The topological polar surface area (TPSA) is 32.8 Å². The summed E-state index contributed by atoms with van der Waals surface area (Å²) in [6.45, 7) is 0. The van der Waals surface area contributed by atoms with Gasteiger partial charge in [0.05, 0.1) is 33.0 Å². The summed E-state index contributed by atoms with van der Waals surface area (Å²) in [4.78, 5) is 4.85. The van der Waals surface area contributed by atoms with Crippen LogP contribution in [0.5, 0.6) is 0 Å². The summed E-state index contributed by atoms with van der Waals surface area (Å²) < 4.78 is 14.5. The van der Waals surface area contributed by atoms with Gasteiger partial charge < -0.3 is 18.6 Å². The Labute approximate surface area is 823 Å². The van der Waals surface area contributed by atoms with E-state index in [0.29, 0.717) is 0 Å². The van der Waals surface area contributed by atoms with Crippen molar-refractivity contribution in [3.05, 3.63) is 578 Å². The molecule has 0 spiro atoms. The maximum Gasteiger partial charge on any atom is 0.145 e. The lowest BCUT2D eigenvalue weighted by Crippen LogP contribution is -2.28. The summed E-state index contributed by atoms with van der Waals surface area (Å²) in [5.41, 5.74) is 38.9. The van der Waals surface area contributed by atoms with E-state index in [9.17, 15) is 0 Å². The van der Waals surface area contributed by atoms with E-state index in [1.54, 1.807) is 0 Å². The average molecular weight is 1810 g/mol. The van der Waals surface area contributed by atoms with Gasteiger partial charge in [-0.1, -0.05) is 431 Å². The molecule has 28 rings (SSSR count). The summed E-state index contributed by atoms with van der Waals surface area (Å²) in [6.07, 6.45) is 0. The fraction of sp³-hybridized carbons (Fsp3) is 0.0145. The lowest BCUT2D eigenvalue weighted by molar-refractivity contribution is 0.669. The minimum absolute atomic E-state index is 0.530. The van der Waals surface area contributed by atoms with Gasteiger partial charge in [-0.05, 0) is 280 Å². The molecule has 662 valence electrons. The van der Waals surface area contributed by atoms with Crippen molar-refractivity contribution in [3.63, 3.8) is 0 Å². The molecule has 4 nitrogen and oxygen atoms in total. The third-order valence-corrected chi connectivity index (χ3v) is 30.5. The molecule has 2 aromatic heterocycles. The average Bonchev–Trinajstić information content (AvgIpc) is 1.54. The monoisotopic (exact) mass is 1800 g/mol. The zero-order valence-corrected chi connectivity index (χ0v) is 77.5. The smallest absolute Gasteiger partial charge is 0.145 e. The predicted octanol–water partition coefficient (Wildman–Crippen LogP) is 37.4. The number of nitrogens with zero attached hydrogens (tertiary/aromatic N) is 2. The zero-order valence-electron chi connectivity index (χ0n) is 77.5. The highest BCUT2D eigenvalue weighted by Gasteiger charge is 2.48. The van der Waals surface area contributed by atoms with E-state index in [4.69, 9.17) is 8.83 Å². The van der Waals surface area contributed by atoms with Crippen molar-refractivity contribution in [3.8, 4) is 100 Å². The van der Waals surface area contributed by atoms with Crippen molar-refractivity contribution >= 4 is 121 Å². The van der Waals surface area contributed by atoms with Gasteiger partial charge in [0.2, 0.25) is 0 Å². The number of rotatable bonds is 17. The Morgan fingerprint density at radius 1 is 0.155 bits per heavy atom. The van der Waals surface area contributed by atoms with E-state index in [0.717, 1.165) is 156 Å². The Morgan fingerprint density at radius 2 is 0.444 bits per heavy atom. The Hall–Kier alpha value is -18.5. The van der Waals surface area contributed by atoms with E-state index < -0.39 is 10.8 Å². The van der Waals surface area contributed by atoms with Crippen molar-refractivity contribution < 1.29 is 8.83 Å². The van der Waals surface area contributed by atoms with Crippen LogP contribution in [-0.2, 0) is 10.8 Å². The van der Waals surface area contributed by atoms with Crippen molar-refractivity contribution in [2.75, 3.05) is 9.80 Å². The lowest BCUT2D eigenvalue weighted by atomic mass is 9.67. The van der Waals surface area contributed by atoms with Gasteiger partial charge in [-0.3, -0.25) is 0 Å². The SMILES string of the molecule is c1ccc(C2(c3ccccc3)c3ccccc3-c3ccc(-c4ccc(N(c5ccc(-c6ccc7ccccc7c6)cc5)c5ccc(-c6ccc(-c7ccc(C8(c9ccccc9)c9ccccc9-c9ccc(-c%10ccc(N(c%11ccc(-c%12cccc%13ccccc%12%13)cc%11)c%11ccc(-c%12cccc%13ccccc%12%13)c%12oc%13ccccc%13c%11%12)cc%10)cc98)cc7)c7ccccc67)c6oc7ccccc7c56)cc4)cc32)cc1. The first-order valence-corrected chi connectivity index (χ1v) is 49.1. The highest BCUT2D eigenvalue weighted by Crippen LogP contribution is 2.61. The quantitative estimate of drug-likeness (QED) is 0.0910. The van der Waals surface area contributed by atoms with Crippen LogP contribution in [0.1, 0.15) is 44.5 Å². The minimum Gasteiger partial charge on any atom is -0.455 e. The molecule has 2 heterocycles. The van der Waals surface area contributed by atoms with Crippen LogP contribution in [0.3, 0.4) is 0 Å². The Morgan fingerprint density at radius 3 is 0.915 bits per heavy atom. The van der Waals surface area contributed by atoms with Gasteiger partial charge in [-0.15, -0.1) is 0 Å². The van der Waals surface area contributed by atoms with Crippen molar-refractivity contribution in [1.82, 2.24) is 0 Å². The van der Waals surface area contributed by atoms with Crippen molar-refractivity contribution in [1.29, 1.82) is 0 Å². The molecule has 2 aliphatic carbocycles. The molecular weight excluding hydrogens is 1720 g/mol. The highest BCUT2D eigenvalue weighted by atomic mass is 16.3. The summed E-state index contributed by atoms with van der Waals surface area (Å²) in [5, 5.41) is 13.7. The van der Waals surface area contributed by atoms with Gasteiger partial charge in [0.1, 0.15) is 22.3 Å². The van der Waals surface area contributed by atoms with Gasteiger partial charge >= 0.3 is 0 Å². The molecular formula is C138H88N2O2. The largest absolute Gasteiger partial charge is 0.455 e. The second-order valence-electron chi connectivity index (χ2n) is 37.8. The number of para-hydroxylation sites is 2. The van der Waals surface area contributed by atoms with E-state index in [-0.39, 0.29) is 0 Å². The number of anilines is 6. The molecule has 142 heavy (non-hydrogen) atoms. The first-order valence-electron chi connectivity index (χ1n) is 49.1. The van der Waals surface area contributed by atoms with Crippen LogP contribution in [0.4, 0.5) is 34.1 Å². The number of fused-ring (bicyclic) bond motifs is 16. The van der Waals surface area contributed by atoms with E-state index in [2.05, 4.69) is 544 Å². The Bertz CT molecular complexity index is 9460. The minimum atomic E-state index is -0.693. The molecule has 4 heteroatoms. The first-order chi connectivity index (χ1) is 70.4. The molecule has 0 radical (unpaired) electrons. The van der Waals surface area contributed by atoms with Gasteiger partial charge in [-0.25, -0.2) is 0 Å². The van der Waals surface area contributed by atoms with Crippen LogP contribution in [0, 0.1) is 0 Å². The predicted molar refractivity (Wildman–Crippen MR) is 593 cm³/mol. The van der Waals surface area contributed by atoms with Crippen LogP contribution in [-0.4, -0.2) is 0 Å². The second kappa shape index (κ2) is 33.2. The molecule has 0 bridgehead atoms. The van der Waals surface area contributed by atoms with E-state index in [1.165, 1.54) is 110 Å². The zero-order chi connectivity index (χ0) is 93.5. The van der Waals surface area contributed by atoms with Crippen LogP contribution < -0.4 is 9.80 Å². The Balaban J connectivity index is 0.544. The molecule has 0 saturated heterocycles. The second-order valence-corrected chi connectivity index (χ2v) is 37.8. The van der Waals surface area contributed by atoms with Gasteiger partial charge in [0.15, 0.2) is 0 Å². The van der Waals surface area contributed by atoms with Crippen LogP contribution >= 0.6 is 0 Å². The molecule has 0 fully saturated rings. The first kappa shape index (κ1) is 81.8. The van der Waals surface area contributed by atoms with Crippen molar-refractivity contribution in [2.24, 2.45) is 0 Å². The number of hydrogen-bond donors (Lipinski definition) is 0. The normalized spacial score (nSPS) is 13.4. The molecule has 24 aromatic carbocycles. The number of hydrogen-bond acceptors (Lipinski definition) is 4. The number of benzene rings is 24. The maximum absolute atomic E-state index is 7.36. The summed E-state index contributed by atoms with van der Waals surface area (Å²) in [5.74, 6) is 0. The molecule has 0 amide bonds. The molecule has 26 aromatic rings. The molecule has 1 unspecified atom stereocenters. The van der Waals surface area contributed by atoms with E-state index in [1.807, 2.05) is 0 Å². The third kappa shape index (κ3) is 12.9. The lowest BCUT2D eigenvalue weighted by Gasteiger charge is -2.34. The highest BCUT2D eigenvalue weighted by molar-refractivity contribution is 6.21. The Kier molecular flexibility index (Phi) is 19.1. The summed E-state index contributed by atoms with van der Waals surface area (Å²) in [6, 6.07) is 198.